The molecule has 0 radical (unpaired) electrons. The van der Waals surface area contributed by atoms with Crippen molar-refractivity contribution in [3.63, 3.8) is 0 Å². The van der Waals surface area contributed by atoms with Crippen LogP contribution >= 0.6 is 0 Å². The molecule has 0 saturated heterocycles. The first-order valence-corrected chi connectivity index (χ1v) is 7.70. The van der Waals surface area contributed by atoms with Crippen molar-refractivity contribution >= 4 is 5.97 Å². The Hall–Kier alpha value is -1.55. The fourth-order valence-corrected chi connectivity index (χ4v) is 2.01. The van der Waals surface area contributed by atoms with Gasteiger partial charge in [0.25, 0.3) is 0 Å². The fraction of sp³-hybridized carbons (Fsp3) is 0.588. The monoisotopic (exact) mass is 293 g/mol. The Kier molecular flexibility index (Phi) is 7.83. The molecule has 1 unspecified atom stereocenters. The van der Waals surface area contributed by atoms with E-state index in [2.05, 4.69) is 13.8 Å². The molecule has 0 aliphatic carbocycles. The molecule has 118 valence electrons. The highest BCUT2D eigenvalue weighted by Crippen LogP contribution is 2.24. The second-order valence-electron chi connectivity index (χ2n) is 5.30. The number of unbranched alkanes of at least 4 members (excludes halogenated alkanes) is 1. The number of benzene rings is 1. The lowest BCUT2D eigenvalue weighted by Crippen LogP contribution is -2.22. The average Bonchev–Trinajstić information content (AvgIpc) is 2.46. The van der Waals surface area contributed by atoms with Crippen molar-refractivity contribution in [1.82, 2.24) is 0 Å². The van der Waals surface area contributed by atoms with Crippen molar-refractivity contribution in [2.24, 2.45) is 5.73 Å². The van der Waals surface area contributed by atoms with Crippen LogP contribution in [-0.4, -0.2) is 25.2 Å². The molecule has 0 heterocycles. The van der Waals surface area contributed by atoms with E-state index in [1.54, 1.807) is 0 Å². The molecule has 1 aromatic carbocycles. The van der Waals surface area contributed by atoms with E-state index in [1.165, 1.54) is 0 Å². The molecule has 0 spiro atoms. The number of para-hydroxylation sites is 1. The number of carbonyl (C=O) groups is 1. The molecule has 0 fully saturated rings. The van der Waals surface area contributed by atoms with Gasteiger partial charge in [0.15, 0.2) is 6.61 Å². The van der Waals surface area contributed by atoms with E-state index in [9.17, 15) is 4.79 Å². The highest BCUT2D eigenvalue weighted by Gasteiger charge is 2.12. The van der Waals surface area contributed by atoms with E-state index in [4.69, 9.17) is 15.2 Å². The van der Waals surface area contributed by atoms with Gasteiger partial charge in [-0.25, -0.2) is 4.79 Å². The third-order valence-corrected chi connectivity index (χ3v) is 3.40. The Labute approximate surface area is 127 Å². The molecular formula is C17H27NO3. The zero-order chi connectivity index (χ0) is 15.7. The van der Waals surface area contributed by atoms with Gasteiger partial charge in [0, 0.05) is 6.04 Å². The Morgan fingerprint density at radius 3 is 2.76 bits per heavy atom. The van der Waals surface area contributed by atoms with Gasteiger partial charge in [-0.2, -0.15) is 0 Å². The van der Waals surface area contributed by atoms with E-state index < -0.39 is 0 Å². The number of esters is 1. The third-order valence-electron chi connectivity index (χ3n) is 3.40. The second-order valence-corrected chi connectivity index (χ2v) is 5.30. The van der Waals surface area contributed by atoms with Crippen LogP contribution in [0.2, 0.25) is 0 Å². The van der Waals surface area contributed by atoms with E-state index in [1.807, 2.05) is 25.1 Å². The normalized spacial score (nSPS) is 12.0. The molecule has 0 aliphatic rings. The number of aryl methyl sites for hydroxylation is 1. The second kappa shape index (κ2) is 9.40. The standard InChI is InChI=1S/C17H27NO3/c1-4-6-10-20-16(19)12-21-17-13(3)8-7-9-14(17)11-15(18)5-2/h7-9,15H,4-6,10-12,18H2,1-3H3. The van der Waals surface area contributed by atoms with E-state index in [0.717, 1.165) is 42.6 Å². The Morgan fingerprint density at radius 2 is 2.10 bits per heavy atom. The molecule has 0 bridgehead atoms. The minimum Gasteiger partial charge on any atom is -0.481 e. The number of rotatable bonds is 9. The summed E-state index contributed by atoms with van der Waals surface area (Å²) in [6.07, 6.45) is 3.54. The minimum absolute atomic E-state index is 0.0526. The van der Waals surface area contributed by atoms with E-state index in [0.29, 0.717) is 6.61 Å². The van der Waals surface area contributed by atoms with Gasteiger partial charge < -0.3 is 15.2 Å². The van der Waals surface area contributed by atoms with Crippen LogP contribution in [0.1, 0.15) is 44.2 Å². The number of nitrogens with two attached hydrogens (primary N) is 1. The fourth-order valence-electron chi connectivity index (χ4n) is 2.01. The van der Waals surface area contributed by atoms with Gasteiger partial charge in [-0.15, -0.1) is 0 Å². The number of hydrogen-bond acceptors (Lipinski definition) is 4. The summed E-state index contributed by atoms with van der Waals surface area (Å²) in [4.78, 5) is 11.6. The molecule has 0 aliphatic heterocycles. The predicted molar refractivity (Wildman–Crippen MR) is 84.5 cm³/mol. The summed E-state index contributed by atoms with van der Waals surface area (Å²) >= 11 is 0. The van der Waals surface area contributed by atoms with Crippen molar-refractivity contribution in [3.05, 3.63) is 29.3 Å². The van der Waals surface area contributed by atoms with Crippen LogP contribution in [0.3, 0.4) is 0 Å². The zero-order valence-electron chi connectivity index (χ0n) is 13.4. The van der Waals surface area contributed by atoms with Gasteiger partial charge in [-0.05, 0) is 37.3 Å². The zero-order valence-corrected chi connectivity index (χ0v) is 13.4. The van der Waals surface area contributed by atoms with E-state index >= 15 is 0 Å². The van der Waals surface area contributed by atoms with Gasteiger partial charge in [0.05, 0.1) is 6.61 Å². The smallest absolute Gasteiger partial charge is 0.344 e. The van der Waals surface area contributed by atoms with Crippen molar-refractivity contribution in [2.75, 3.05) is 13.2 Å². The Balaban J connectivity index is 2.62. The minimum atomic E-state index is -0.322. The summed E-state index contributed by atoms with van der Waals surface area (Å²) in [7, 11) is 0. The lowest BCUT2D eigenvalue weighted by molar-refractivity contribution is -0.146. The average molecular weight is 293 g/mol. The quantitative estimate of drug-likeness (QED) is 0.561. The molecule has 0 aromatic heterocycles. The van der Waals surface area contributed by atoms with Crippen molar-refractivity contribution in [3.8, 4) is 5.75 Å². The predicted octanol–water partition coefficient (Wildman–Crippen LogP) is 3.00. The Bertz CT molecular complexity index is 446. The molecule has 1 atom stereocenters. The topological polar surface area (TPSA) is 61.5 Å². The maximum atomic E-state index is 11.6. The van der Waals surface area contributed by atoms with Crippen LogP contribution in [0.25, 0.3) is 0 Å². The highest BCUT2D eigenvalue weighted by atomic mass is 16.6. The van der Waals surface area contributed by atoms with E-state index in [-0.39, 0.29) is 18.6 Å². The number of ether oxygens (including phenoxy) is 2. The molecule has 0 saturated carbocycles. The van der Waals surface area contributed by atoms with Crippen LogP contribution in [0.15, 0.2) is 18.2 Å². The summed E-state index contributed by atoms with van der Waals surface area (Å²) in [5, 5.41) is 0. The van der Waals surface area contributed by atoms with Gasteiger partial charge in [-0.3, -0.25) is 0 Å². The van der Waals surface area contributed by atoms with Crippen LogP contribution in [0.4, 0.5) is 0 Å². The highest BCUT2D eigenvalue weighted by molar-refractivity contribution is 5.71. The first kappa shape index (κ1) is 17.5. The van der Waals surface area contributed by atoms with Crippen molar-refractivity contribution in [2.45, 2.75) is 52.5 Å². The number of carbonyl (C=O) groups excluding carboxylic acids is 1. The summed E-state index contributed by atoms with van der Waals surface area (Å²) in [6.45, 7) is 6.49. The summed E-state index contributed by atoms with van der Waals surface area (Å²) in [6, 6.07) is 6.06. The lowest BCUT2D eigenvalue weighted by Gasteiger charge is -2.16. The van der Waals surface area contributed by atoms with Crippen LogP contribution < -0.4 is 10.5 Å². The SMILES string of the molecule is CCCCOC(=O)COc1c(C)cccc1CC(N)CC. The van der Waals surface area contributed by atoms with Crippen LogP contribution in [-0.2, 0) is 16.0 Å². The summed E-state index contributed by atoms with van der Waals surface area (Å²) < 4.78 is 10.8. The van der Waals surface area contributed by atoms with Gasteiger partial charge >= 0.3 is 5.97 Å². The third kappa shape index (κ3) is 6.17. The molecule has 21 heavy (non-hydrogen) atoms. The molecule has 4 nitrogen and oxygen atoms in total. The largest absolute Gasteiger partial charge is 0.481 e. The molecular weight excluding hydrogens is 266 g/mol. The van der Waals surface area contributed by atoms with Crippen LogP contribution in [0, 0.1) is 6.92 Å². The molecule has 0 amide bonds. The first-order chi connectivity index (χ1) is 10.1. The maximum Gasteiger partial charge on any atom is 0.344 e. The van der Waals surface area contributed by atoms with Gasteiger partial charge in [0.2, 0.25) is 0 Å². The maximum absolute atomic E-state index is 11.6. The Morgan fingerprint density at radius 1 is 1.33 bits per heavy atom. The number of hydrogen-bond donors (Lipinski definition) is 1. The molecule has 1 aromatic rings. The first-order valence-electron chi connectivity index (χ1n) is 7.70. The molecule has 2 N–H and O–H groups in total. The molecule has 4 heteroatoms. The lowest BCUT2D eigenvalue weighted by atomic mass is 10.0. The van der Waals surface area contributed by atoms with Crippen LogP contribution in [0.5, 0.6) is 5.75 Å². The van der Waals surface area contributed by atoms with Gasteiger partial charge in [0.1, 0.15) is 5.75 Å². The van der Waals surface area contributed by atoms with Crippen molar-refractivity contribution in [1.29, 1.82) is 0 Å². The van der Waals surface area contributed by atoms with Crippen molar-refractivity contribution < 1.29 is 14.3 Å². The molecule has 1 rings (SSSR count). The summed E-state index contributed by atoms with van der Waals surface area (Å²) in [5.41, 5.74) is 8.07. The van der Waals surface area contributed by atoms with Gasteiger partial charge in [-0.1, -0.05) is 38.5 Å². The summed E-state index contributed by atoms with van der Waals surface area (Å²) in [5.74, 6) is 0.436.